The van der Waals surface area contributed by atoms with E-state index in [2.05, 4.69) is 25.9 Å². The predicted octanol–water partition coefficient (Wildman–Crippen LogP) is 3.16. The number of rotatable bonds is 3. The van der Waals surface area contributed by atoms with Crippen molar-refractivity contribution < 1.29 is 4.79 Å². The highest BCUT2D eigenvalue weighted by Crippen LogP contribution is 2.14. The van der Waals surface area contributed by atoms with Crippen molar-refractivity contribution >= 4 is 33.4 Å². The summed E-state index contributed by atoms with van der Waals surface area (Å²) in [6.07, 6.45) is 2.80. The largest absolute Gasteiger partial charge is 0.336 e. The molecule has 0 atom stereocenters. The molecule has 0 aliphatic carbocycles. The van der Waals surface area contributed by atoms with Crippen LogP contribution < -0.4 is 0 Å². The van der Waals surface area contributed by atoms with Gasteiger partial charge in [-0.25, -0.2) is 4.98 Å². The van der Waals surface area contributed by atoms with Gasteiger partial charge in [-0.2, -0.15) is 0 Å². The van der Waals surface area contributed by atoms with E-state index in [0.717, 1.165) is 10.0 Å². The van der Waals surface area contributed by atoms with Gasteiger partial charge in [0.2, 0.25) is 0 Å². The molecule has 0 aliphatic rings. The third-order valence-electron chi connectivity index (χ3n) is 2.48. The summed E-state index contributed by atoms with van der Waals surface area (Å²) in [6.45, 7) is 0.493. The minimum Gasteiger partial charge on any atom is -0.336 e. The number of hydrogen-bond donors (Lipinski definition) is 0. The number of benzene rings is 1. The summed E-state index contributed by atoms with van der Waals surface area (Å²) in [7, 11) is 1.71. The van der Waals surface area contributed by atoms with Crippen molar-refractivity contribution in [3.63, 3.8) is 0 Å². The van der Waals surface area contributed by atoms with Crippen LogP contribution in [0.15, 0.2) is 41.1 Å². The Balaban J connectivity index is 2.12. The molecule has 0 unspecified atom stereocenters. The van der Waals surface area contributed by atoms with Gasteiger partial charge in [0, 0.05) is 18.1 Å². The van der Waals surface area contributed by atoms with E-state index in [4.69, 9.17) is 11.6 Å². The van der Waals surface area contributed by atoms with Crippen LogP contribution in [0.3, 0.4) is 0 Å². The van der Waals surface area contributed by atoms with Crippen molar-refractivity contribution in [1.29, 1.82) is 0 Å². The summed E-state index contributed by atoms with van der Waals surface area (Å²) in [5.41, 5.74) is 1.27. The normalized spacial score (nSPS) is 10.3. The molecule has 1 heterocycles. The minimum atomic E-state index is -0.213. The molecule has 0 spiro atoms. The van der Waals surface area contributed by atoms with Crippen molar-refractivity contribution in [3.8, 4) is 0 Å². The van der Waals surface area contributed by atoms with Gasteiger partial charge in [0.05, 0.1) is 12.4 Å². The second kappa shape index (κ2) is 6.12. The fraction of sp³-hybridized carbons (Fsp3) is 0.154. The van der Waals surface area contributed by atoms with Crippen LogP contribution in [0.1, 0.15) is 16.1 Å². The number of nitrogens with zero attached hydrogens (tertiary/aromatic N) is 3. The lowest BCUT2D eigenvalue weighted by atomic mass is 10.2. The van der Waals surface area contributed by atoms with Crippen LogP contribution in [0.4, 0.5) is 0 Å². The molecule has 6 heteroatoms. The van der Waals surface area contributed by atoms with Crippen molar-refractivity contribution in [3.05, 3.63) is 57.5 Å². The number of amides is 1. The minimum absolute atomic E-state index is 0.210. The Labute approximate surface area is 124 Å². The van der Waals surface area contributed by atoms with Crippen LogP contribution in [0.25, 0.3) is 0 Å². The third kappa shape index (κ3) is 3.75. The molecule has 0 saturated carbocycles. The fourth-order valence-electron chi connectivity index (χ4n) is 1.62. The van der Waals surface area contributed by atoms with Crippen LogP contribution >= 0.6 is 27.5 Å². The van der Waals surface area contributed by atoms with E-state index >= 15 is 0 Å². The molecule has 4 nitrogen and oxygen atoms in total. The molecular weight excluding hydrogens is 330 g/mol. The van der Waals surface area contributed by atoms with Gasteiger partial charge in [-0.1, -0.05) is 39.7 Å². The zero-order chi connectivity index (χ0) is 13.8. The molecule has 0 N–H and O–H groups in total. The third-order valence-corrected chi connectivity index (χ3v) is 3.16. The number of aromatic nitrogens is 2. The molecule has 1 aromatic carbocycles. The summed E-state index contributed by atoms with van der Waals surface area (Å²) in [4.78, 5) is 21.5. The molecule has 98 valence electrons. The summed E-state index contributed by atoms with van der Waals surface area (Å²) < 4.78 is 0.980. The van der Waals surface area contributed by atoms with Gasteiger partial charge in [-0.15, -0.1) is 0 Å². The van der Waals surface area contributed by atoms with E-state index in [-0.39, 0.29) is 16.8 Å². The summed E-state index contributed by atoms with van der Waals surface area (Å²) in [5, 5.41) is 0.210. The van der Waals surface area contributed by atoms with E-state index in [0.29, 0.717) is 6.54 Å². The van der Waals surface area contributed by atoms with Crippen molar-refractivity contribution in [2.45, 2.75) is 6.54 Å². The van der Waals surface area contributed by atoms with Gasteiger partial charge in [0.25, 0.3) is 5.91 Å². The molecular formula is C13H11BrClN3O. The van der Waals surface area contributed by atoms with Gasteiger partial charge in [-0.3, -0.25) is 9.78 Å². The first-order valence-corrected chi connectivity index (χ1v) is 6.71. The van der Waals surface area contributed by atoms with Gasteiger partial charge in [0.15, 0.2) is 0 Å². The zero-order valence-electron chi connectivity index (χ0n) is 10.2. The number of carbonyl (C=O) groups excluding carboxylic acids is 1. The topological polar surface area (TPSA) is 46.1 Å². The molecule has 0 fully saturated rings. The first kappa shape index (κ1) is 14.0. The Kier molecular flexibility index (Phi) is 4.50. The van der Waals surface area contributed by atoms with E-state index < -0.39 is 0 Å². The summed E-state index contributed by atoms with van der Waals surface area (Å²) in [6, 6.07) is 7.79. The second-order valence-electron chi connectivity index (χ2n) is 4.02. The summed E-state index contributed by atoms with van der Waals surface area (Å²) >= 11 is 9.12. The maximum atomic E-state index is 12.1. The number of halogens is 2. The highest BCUT2D eigenvalue weighted by atomic mass is 79.9. The van der Waals surface area contributed by atoms with E-state index in [1.807, 2.05) is 24.3 Å². The lowest BCUT2D eigenvalue weighted by Crippen LogP contribution is -2.27. The van der Waals surface area contributed by atoms with Crippen LogP contribution in [-0.4, -0.2) is 27.8 Å². The van der Waals surface area contributed by atoms with Gasteiger partial charge >= 0.3 is 0 Å². The lowest BCUT2D eigenvalue weighted by molar-refractivity contribution is 0.0779. The molecule has 0 saturated heterocycles. The van der Waals surface area contributed by atoms with E-state index in [1.165, 1.54) is 12.4 Å². The van der Waals surface area contributed by atoms with Crippen molar-refractivity contribution in [2.75, 3.05) is 7.05 Å². The van der Waals surface area contributed by atoms with Crippen molar-refractivity contribution in [1.82, 2.24) is 14.9 Å². The quantitative estimate of drug-likeness (QED) is 0.862. The number of carbonyl (C=O) groups is 1. The Bertz CT molecular complexity index is 606. The first-order valence-electron chi connectivity index (χ1n) is 5.54. The molecule has 2 aromatic rings. The average Bonchev–Trinajstić information content (AvgIpc) is 2.38. The van der Waals surface area contributed by atoms with Crippen LogP contribution in [0.2, 0.25) is 5.15 Å². The first-order chi connectivity index (χ1) is 9.06. The highest BCUT2D eigenvalue weighted by Gasteiger charge is 2.14. The average molecular weight is 341 g/mol. The smallest absolute Gasteiger partial charge is 0.274 e. The van der Waals surface area contributed by atoms with Crippen LogP contribution in [-0.2, 0) is 6.54 Å². The fourth-order valence-corrected chi connectivity index (χ4v) is 2.22. The number of hydrogen-bond acceptors (Lipinski definition) is 3. The van der Waals surface area contributed by atoms with Gasteiger partial charge in [0.1, 0.15) is 10.8 Å². The van der Waals surface area contributed by atoms with Crippen LogP contribution in [0, 0.1) is 0 Å². The van der Waals surface area contributed by atoms with Crippen LogP contribution in [0.5, 0.6) is 0 Å². The maximum Gasteiger partial charge on any atom is 0.274 e. The Morgan fingerprint density at radius 2 is 2.21 bits per heavy atom. The molecule has 0 aliphatic heterocycles. The molecule has 0 bridgehead atoms. The Morgan fingerprint density at radius 3 is 2.89 bits per heavy atom. The Morgan fingerprint density at radius 1 is 1.42 bits per heavy atom. The molecule has 19 heavy (non-hydrogen) atoms. The predicted molar refractivity (Wildman–Crippen MR) is 77.0 cm³/mol. The van der Waals surface area contributed by atoms with E-state index in [1.54, 1.807) is 11.9 Å². The van der Waals surface area contributed by atoms with Gasteiger partial charge < -0.3 is 4.90 Å². The maximum absolute atomic E-state index is 12.1. The molecule has 1 amide bonds. The standard InChI is InChI=1S/C13H11BrClN3O/c1-18(8-9-3-2-4-10(14)5-9)13(19)11-6-16-7-12(15)17-11/h2-7H,8H2,1H3. The lowest BCUT2D eigenvalue weighted by Gasteiger charge is -2.16. The van der Waals surface area contributed by atoms with E-state index in [9.17, 15) is 4.79 Å². The highest BCUT2D eigenvalue weighted by molar-refractivity contribution is 9.10. The zero-order valence-corrected chi connectivity index (χ0v) is 12.5. The monoisotopic (exact) mass is 339 g/mol. The Hall–Kier alpha value is -1.46. The SMILES string of the molecule is CN(Cc1cccc(Br)c1)C(=O)c1cncc(Cl)n1. The van der Waals surface area contributed by atoms with Crippen molar-refractivity contribution in [2.24, 2.45) is 0 Å². The summed E-state index contributed by atoms with van der Waals surface area (Å²) in [5.74, 6) is -0.213. The molecule has 0 radical (unpaired) electrons. The molecule has 2 rings (SSSR count). The van der Waals surface area contributed by atoms with Gasteiger partial charge in [-0.05, 0) is 17.7 Å². The second-order valence-corrected chi connectivity index (χ2v) is 5.32. The molecule has 1 aromatic heterocycles.